The molecule has 9 heavy (non-hydrogen) atoms. The number of aliphatic hydroxyl groups excluding tert-OH is 1. The second kappa shape index (κ2) is 2.33. The maximum absolute atomic E-state index is 10.0. The van der Waals surface area contributed by atoms with Crippen LogP contribution in [-0.4, -0.2) is 27.8 Å². The number of carbonyl (C=O) groups is 1. The zero-order valence-corrected chi connectivity index (χ0v) is 5.46. The Morgan fingerprint density at radius 3 is 2.00 bits per heavy atom. The van der Waals surface area contributed by atoms with Gasteiger partial charge in [-0.3, -0.25) is 0 Å². The third-order valence-corrected chi connectivity index (χ3v) is 0.939. The Balaban J connectivity index is 4.04. The molecule has 0 aliphatic rings. The first-order chi connectivity index (χ1) is 3.85. The molecule has 0 aliphatic carbocycles. The van der Waals surface area contributed by atoms with Crippen molar-refractivity contribution in [2.75, 3.05) is 0 Å². The van der Waals surface area contributed by atoms with E-state index in [0.717, 1.165) is 0 Å². The van der Waals surface area contributed by atoms with Gasteiger partial charge < -0.3 is 15.9 Å². The van der Waals surface area contributed by atoms with E-state index in [1.54, 1.807) is 0 Å². The van der Waals surface area contributed by atoms with Gasteiger partial charge in [-0.2, -0.15) is 0 Å². The van der Waals surface area contributed by atoms with Crippen LogP contribution < -0.4 is 5.73 Å². The highest BCUT2D eigenvalue weighted by Crippen LogP contribution is 2.03. The molecule has 0 saturated heterocycles. The number of carboxylic acids is 1. The summed E-state index contributed by atoms with van der Waals surface area (Å²) >= 11 is 0. The summed E-state index contributed by atoms with van der Waals surface area (Å²) in [6.45, 7) is 2.90. The predicted octanol–water partition coefficient (Wildman–Crippen LogP) is -0.831. The van der Waals surface area contributed by atoms with E-state index in [1.165, 1.54) is 13.8 Å². The highest BCUT2D eigenvalue weighted by atomic mass is 16.4. The van der Waals surface area contributed by atoms with Gasteiger partial charge in [-0.25, -0.2) is 4.79 Å². The Morgan fingerprint density at radius 1 is 1.67 bits per heavy atom. The fourth-order valence-electron chi connectivity index (χ4n) is 0.318. The number of aliphatic hydroxyl groups is 1. The number of hydrogen-bond acceptors (Lipinski definition) is 3. The van der Waals surface area contributed by atoms with E-state index in [1.807, 2.05) is 0 Å². The van der Waals surface area contributed by atoms with Gasteiger partial charge in [-0.05, 0) is 13.8 Å². The van der Waals surface area contributed by atoms with Gasteiger partial charge in [0.25, 0.3) is 0 Å². The molecule has 1 atom stereocenters. The summed E-state index contributed by atoms with van der Waals surface area (Å²) in [4.78, 5) is 10.0. The zero-order valence-electron chi connectivity index (χ0n) is 5.46. The van der Waals surface area contributed by atoms with Gasteiger partial charge in [-0.1, -0.05) is 0 Å². The van der Waals surface area contributed by atoms with Crippen LogP contribution in [-0.2, 0) is 4.79 Å². The molecule has 4 nitrogen and oxygen atoms in total. The Labute approximate surface area is 53.3 Å². The van der Waals surface area contributed by atoms with Crippen LogP contribution in [0, 0.1) is 0 Å². The largest absolute Gasteiger partial charge is 0.479 e. The maximum Gasteiger partial charge on any atom is 0.334 e. The quantitative estimate of drug-likeness (QED) is 0.459. The Kier molecular flexibility index (Phi) is 2.17. The van der Waals surface area contributed by atoms with Gasteiger partial charge in [0, 0.05) is 5.54 Å². The molecule has 0 rings (SSSR count). The van der Waals surface area contributed by atoms with Crippen LogP contribution in [0.4, 0.5) is 0 Å². The summed E-state index contributed by atoms with van der Waals surface area (Å²) < 4.78 is 0. The second-order valence-corrected chi connectivity index (χ2v) is 2.56. The summed E-state index contributed by atoms with van der Waals surface area (Å²) in [5.74, 6) is -1.29. The third kappa shape index (κ3) is 2.43. The minimum absolute atomic E-state index is 1.06. The summed E-state index contributed by atoms with van der Waals surface area (Å²) in [7, 11) is 0. The predicted molar refractivity (Wildman–Crippen MR) is 31.9 cm³/mol. The number of hydrogen-bond donors (Lipinski definition) is 3. The van der Waals surface area contributed by atoms with E-state index >= 15 is 0 Å². The summed E-state index contributed by atoms with van der Waals surface area (Å²) in [6.07, 6.45) is -1.49. The Morgan fingerprint density at radius 2 is 2.00 bits per heavy atom. The van der Waals surface area contributed by atoms with Crippen LogP contribution >= 0.6 is 0 Å². The molecule has 0 saturated carbocycles. The number of carboxylic acid groups (broad SMARTS) is 1. The molecular weight excluding hydrogens is 122 g/mol. The van der Waals surface area contributed by atoms with Crippen molar-refractivity contribution in [2.24, 2.45) is 5.73 Å². The van der Waals surface area contributed by atoms with Crippen molar-refractivity contribution in [2.45, 2.75) is 25.5 Å². The van der Waals surface area contributed by atoms with E-state index in [0.29, 0.717) is 0 Å². The molecule has 0 aromatic heterocycles. The molecule has 0 fully saturated rings. The first-order valence-corrected chi connectivity index (χ1v) is 2.55. The van der Waals surface area contributed by atoms with Gasteiger partial charge in [0.1, 0.15) is 0 Å². The van der Waals surface area contributed by atoms with Crippen molar-refractivity contribution < 1.29 is 15.0 Å². The molecule has 0 aromatic carbocycles. The molecule has 0 aromatic rings. The summed E-state index contributed by atoms with van der Waals surface area (Å²) in [5.41, 5.74) is 4.19. The topological polar surface area (TPSA) is 83.5 Å². The van der Waals surface area contributed by atoms with Gasteiger partial charge in [0.2, 0.25) is 0 Å². The SMILES string of the molecule is CC(C)(N)[C@@H](O)C(=O)O. The molecule has 0 aliphatic heterocycles. The molecule has 4 heteroatoms. The van der Waals surface area contributed by atoms with Gasteiger partial charge in [0.05, 0.1) is 0 Å². The standard InChI is InChI=1S/C5H11NO3/c1-5(2,6)3(7)4(8)9/h3,7H,6H2,1-2H3,(H,8,9)/t3-/m0/s1. The lowest BCUT2D eigenvalue weighted by Gasteiger charge is -2.21. The van der Waals surface area contributed by atoms with Crippen molar-refractivity contribution in [3.63, 3.8) is 0 Å². The Hall–Kier alpha value is -0.610. The first-order valence-electron chi connectivity index (χ1n) is 2.55. The monoisotopic (exact) mass is 133 g/mol. The van der Waals surface area contributed by atoms with Crippen LogP contribution in [0.25, 0.3) is 0 Å². The molecule has 4 N–H and O–H groups in total. The maximum atomic E-state index is 10.0. The molecule has 0 radical (unpaired) electrons. The molecular formula is C5H11NO3. The minimum Gasteiger partial charge on any atom is -0.479 e. The smallest absolute Gasteiger partial charge is 0.334 e. The lowest BCUT2D eigenvalue weighted by atomic mass is 9.99. The van der Waals surface area contributed by atoms with E-state index in [-0.39, 0.29) is 0 Å². The van der Waals surface area contributed by atoms with Crippen molar-refractivity contribution in [3.05, 3.63) is 0 Å². The fraction of sp³-hybridized carbons (Fsp3) is 0.800. The van der Waals surface area contributed by atoms with Crippen molar-refractivity contribution in [1.29, 1.82) is 0 Å². The minimum atomic E-state index is -1.49. The number of rotatable bonds is 2. The van der Waals surface area contributed by atoms with Crippen LogP contribution in [0.15, 0.2) is 0 Å². The molecule has 0 heterocycles. The van der Waals surface area contributed by atoms with Crippen molar-refractivity contribution >= 4 is 5.97 Å². The van der Waals surface area contributed by atoms with E-state index < -0.39 is 17.6 Å². The highest BCUT2D eigenvalue weighted by molar-refractivity contribution is 5.73. The Bertz CT molecular complexity index is 116. The average molecular weight is 133 g/mol. The van der Waals surface area contributed by atoms with Gasteiger partial charge in [-0.15, -0.1) is 0 Å². The van der Waals surface area contributed by atoms with E-state index in [9.17, 15) is 4.79 Å². The molecule has 0 amide bonds. The fourth-order valence-corrected chi connectivity index (χ4v) is 0.318. The van der Waals surface area contributed by atoms with Crippen LogP contribution in [0.5, 0.6) is 0 Å². The van der Waals surface area contributed by atoms with Crippen LogP contribution in [0.2, 0.25) is 0 Å². The normalized spacial score (nSPS) is 15.1. The zero-order chi connectivity index (χ0) is 7.65. The van der Waals surface area contributed by atoms with E-state index in [4.69, 9.17) is 15.9 Å². The summed E-state index contributed by atoms with van der Waals surface area (Å²) in [6, 6.07) is 0. The third-order valence-electron chi connectivity index (χ3n) is 0.939. The van der Waals surface area contributed by atoms with Crippen molar-refractivity contribution in [1.82, 2.24) is 0 Å². The van der Waals surface area contributed by atoms with Crippen molar-refractivity contribution in [3.8, 4) is 0 Å². The van der Waals surface area contributed by atoms with Crippen LogP contribution in [0.3, 0.4) is 0 Å². The average Bonchev–Trinajstić information content (AvgIpc) is 1.62. The molecule has 0 spiro atoms. The molecule has 0 unspecified atom stereocenters. The number of nitrogens with two attached hydrogens (primary N) is 1. The van der Waals surface area contributed by atoms with Crippen LogP contribution in [0.1, 0.15) is 13.8 Å². The first kappa shape index (κ1) is 8.39. The second-order valence-electron chi connectivity index (χ2n) is 2.56. The molecule has 54 valence electrons. The van der Waals surface area contributed by atoms with Gasteiger partial charge in [0.15, 0.2) is 6.10 Å². The lowest BCUT2D eigenvalue weighted by molar-refractivity contribution is -0.149. The summed E-state index contributed by atoms with van der Waals surface area (Å²) in [5, 5.41) is 16.9. The van der Waals surface area contributed by atoms with E-state index in [2.05, 4.69) is 0 Å². The lowest BCUT2D eigenvalue weighted by Crippen LogP contribution is -2.49. The highest BCUT2D eigenvalue weighted by Gasteiger charge is 2.28. The number of aliphatic carboxylic acids is 1. The van der Waals surface area contributed by atoms with Gasteiger partial charge >= 0.3 is 5.97 Å². The molecule has 0 bridgehead atoms.